The van der Waals surface area contributed by atoms with Gasteiger partial charge in [-0.15, -0.1) is 0 Å². The quantitative estimate of drug-likeness (QED) is 0.431. The highest BCUT2D eigenvalue weighted by Gasteiger charge is 2.34. The van der Waals surface area contributed by atoms with Gasteiger partial charge < -0.3 is 19.3 Å². The third-order valence-corrected chi connectivity index (χ3v) is 6.07. The van der Waals surface area contributed by atoms with Crippen molar-refractivity contribution in [2.24, 2.45) is 0 Å². The second-order valence-corrected chi connectivity index (χ2v) is 9.11. The summed E-state index contributed by atoms with van der Waals surface area (Å²) in [6, 6.07) is 15.7. The molecule has 2 aromatic carbocycles. The maximum absolute atomic E-state index is 11.1. The lowest BCUT2D eigenvalue weighted by Gasteiger charge is -2.39. The van der Waals surface area contributed by atoms with E-state index in [1.54, 1.807) is 7.11 Å². The molecule has 1 unspecified atom stereocenters. The largest absolute Gasteiger partial charge is 0.493 e. The molecule has 0 radical (unpaired) electrons. The van der Waals surface area contributed by atoms with Gasteiger partial charge in [0.15, 0.2) is 11.5 Å². The molecular weight excluding hydrogens is 430 g/mol. The highest BCUT2D eigenvalue weighted by molar-refractivity contribution is 5.43. The third kappa shape index (κ3) is 6.74. The fraction of sp³-hybridized carbons (Fsp3) is 0.444. The Morgan fingerprint density at radius 1 is 1.09 bits per heavy atom. The normalized spacial score (nSPS) is 18.6. The molecule has 3 aromatic rings. The van der Waals surface area contributed by atoms with Crippen LogP contribution in [-0.4, -0.2) is 58.8 Å². The SMILES string of the molecule is COc1ccc(CN2CCCC(O)(COc3ccccc3)C2)cc1OCCCn1cc(C)cn1. The summed E-state index contributed by atoms with van der Waals surface area (Å²) >= 11 is 0. The van der Waals surface area contributed by atoms with Crippen molar-refractivity contribution in [2.75, 3.05) is 33.4 Å². The van der Waals surface area contributed by atoms with Gasteiger partial charge in [-0.05, 0) is 61.7 Å². The van der Waals surface area contributed by atoms with E-state index in [0.717, 1.165) is 67.3 Å². The highest BCUT2D eigenvalue weighted by atomic mass is 16.5. The number of aryl methyl sites for hydroxylation is 2. The summed E-state index contributed by atoms with van der Waals surface area (Å²) in [5.41, 5.74) is 1.43. The van der Waals surface area contributed by atoms with E-state index in [1.165, 1.54) is 0 Å². The van der Waals surface area contributed by atoms with Crippen LogP contribution in [0, 0.1) is 6.92 Å². The Kier molecular flexibility index (Phi) is 8.08. The van der Waals surface area contributed by atoms with Crippen LogP contribution in [0.4, 0.5) is 0 Å². The number of piperidine rings is 1. The number of hydrogen-bond acceptors (Lipinski definition) is 6. The molecule has 1 atom stereocenters. The zero-order chi connectivity index (χ0) is 23.8. The first-order valence-corrected chi connectivity index (χ1v) is 11.9. The van der Waals surface area contributed by atoms with Gasteiger partial charge in [-0.2, -0.15) is 5.10 Å². The first kappa shape index (κ1) is 24.1. The van der Waals surface area contributed by atoms with Crippen LogP contribution in [0.5, 0.6) is 17.2 Å². The summed E-state index contributed by atoms with van der Waals surface area (Å²) in [7, 11) is 1.66. The van der Waals surface area contributed by atoms with E-state index in [1.807, 2.05) is 66.5 Å². The molecule has 4 rings (SSSR count). The van der Waals surface area contributed by atoms with Crippen molar-refractivity contribution >= 4 is 0 Å². The summed E-state index contributed by atoms with van der Waals surface area (Å²) in [5, 5.41) is 15.5. The highest BCUT2D eigenvalue weighted by Crippen LogP contribution is 2.30. The van der Waals surface area contributed by atoms with Crippen molar-refractivity contribution in [1.82, 2.24) is 14.7 Å². The molecule has 1 saturated heterocycles. The molecule has 2 heterocycles. The third-order valence-electron chi connectivity index (χ3n) is 6.07. The minimum absolute atomic E-state index is 0.292. The van der Waals surface area contributed by atoms with Crippen LogP contribution in [0.2, 0.25) is 0 Å². The molecule has 0 amide bonds. The molecule has 7 heteroatoms. The summed E-state index contributed by atoms with van der Waals surface area (Å²) in [5.74, 6) is 2.26. The van der Waals surface area contributed by atoms with E-state index < -0.39 is 5.60 Å². The number of benzene rings is 2. The number of aliphatic hydroxyl groups is 1. The van der Waals surface area contributed by atoms with Gasteiger partial charge in [-0.3, -0.25) is 9.58 Å². The maximum Gasteiger partial charge on any atom is 0.161 e. The Bertz CT molecular complexity index is 1040. The number of likely N-dealkylation sites (tertiary alicyclic amines) is 1. The molecule has 0 aliphatic carbocycles. The van der Waals surface area contributed by atoms with Crippen LogP contribution in [-0.2, 0) is 13.1 Å². The Hall–Kier alpha value is -3.03. The van der Waals surface area contributed by atoms with Gasteiger partial charge in [-0.1, -0.05) is 24.3 Å². The van der Waals surface area contributed by atoms with Crippen LogP contribution in [0.1, 0.15) is 30.4 Å². The molecule has 0 spiro atoms. The fourth-order valence-corrected chi connectivity index (χ4v) is 4.38. The van der Waals surface area contributed by atoms with E-state index in [4.69, 9.17) is 14.2 Å². The lowest BCUT2D eigenvalue weighted by atomic mass is 9.93. The van der Waals surface area contributed by atoms with Crippen LogP contribution >= 0.6 is 0 Å². The smallest absolute Gasteiger partial charge is 0.161 e. The number of para-hydroxylation sites is 1. The minimum atomic E-state index is -0.856. The van der Waals surface area contributed by atoms with Crippen molar-refractivity contribution in [1.29, 1.82) is 0 Å². The molecule has 182 valence electrons. The van der Waals surface area contributed by atoms with Gasteiger partial charge in [0.1, 0.15) is 18.0 Å². The molecule has 1 aromatic heterocycles. The average molecular weight is 466 g/mol. The Balaban J connectivity index is 1.31. The summed E-state index contributed by atoms with van der Waals surface area (Å²) in [4.78, 5) is 2.28. The summed E-state index contributed by atoms with van der Waals surface area (Å²) in [6.45, 7) is 5.98. The zero-order valence-electron chi connectivity index (χ0n) is 20.2. The number of β-amino-alcohol motifs (C(OH)–C–C–N with tert-alkyl or cyclic N) is 1. The Morgan fingerprint density at radius 2 is 1.94 bits per heavy atom. The second-order valence-electron chi connectivity index (χ2n) is 9.11. The molecular formula is C27H35N3O4. The number of ether oxygens (including phenoxy) is 3. The lowest BCUT2D eigenvalue weighted by molar-refractivity contribution is -0.0621. The first-order chi connectivity index (χ1) is 16.5. The Labute approximate surface area is 201 Å². The Morgan fingerprint density at radius 3 is 2.71 bits per heavy atom. The first-order valence-electron chi connectivity index (χ1n) is 11.9. The monoisotopic (exact) mass is 465 g/mol. The molecule has 1 fully saturated rings. The van der Waals surface area contributed by atoms with E-state index in [9.17, 15) is 5.11 Å². The van der Waals surface area contributed by atoms with E-state index in [0.29, 0.717) is 19.8 Å². The average Bonchev–Trinajstić information content (AvgIpc) is 3.26. The van der Waals surface area contributed by atoms with Gasteiger partial charge in [0.05, 0.1) is 19.9 Å². The predicted octanol–water partition coefficient (Wildman–Crippen LogP) is 4.08. The minimum Gasteiger partial charge on any atom is -0.493 e. The van der Waals surface area contributed by atoms with E-state index >= 15 is 0 Å². The van der Waals surface area contributed by atoms with Gasteiger partial charge in [0, 0.05) is 32.3 Å². The van der Waals surface area contributed by atoms with Gasteiger partial charge >= 0.3 is 0 Å². The van der Waals surface area contributed by atoms with Gasteiger partial charge in [0.25, 0.3) is 0 Å². The lowest BCUT2D eigenvalue weighted by Crippen LogP contribution is -2.51. The van der Waals surface area contributed by atoms with Gasteiger partial charge in [-0.25, -0.2) is 0 Å². The fourth-order valence-electron chi connectivity index (χ4n) is 4.38. The van der Waals surface area contributed by atoms with Crippen LogP contribution in [0.15, 0.2) is 60.9 Å². The van der Waals surface area contributed by atoms with Crippen molar-refractivity contribution in [3.05, 3.63) is 72.1 Å². The number of rotatable bonds is 11. The van der Waals surface area contributed by atoms with E-state index in [-0.39, 0.29) is 0 Å². The van der Waals surface area contributed by atoms with Crippen LogP contribution in [0.25, 0.3) is 0 Å². The van der Waals surface area contributed by atoms with Crippen molar-refractivity contribution in [2.45, 2.75) is 44.9 Å². The topological polar surface area (TPSA) is 69.0 Å². The summed E-state index contributed by atoms with van der Waals surface area (Å²) < 4.78 is 19.4. The number of methoxy groups -OCH3 is 1. The number of aromatic nitrogens is 2. The van der Waals surface area contributed by atoms with Crippen LogP contribution in [0.3, 0.4) is 0 Å². The zero-order valence-corrected chi connectivity index (χ0v) is 20.2. The molecule has 7 nitrogen and oxygen atoms in total. The van der Waals surface area contributed by atoms with Crippen LogP contribution < -0.4 is 14.2 Å². The second kappa shape index (κ2) is 11.4. The number of hydrogen-bond donors (Lipinski definition) is 1. The predicted molar refractivity (Wildman–Crippen MR) is 131 cm³/mol. The molecule has 1 aliphatic heterocycles. The van der Waals surface area contributed by atoms with Crippen molar-refractivity contribution in [3.63, 3.8) is 0 Å². The molecule has 1 aliphatic rings. The molecule has 0 saturated carbocycles. The van der Waals surface area contributed by atoms with Crippen molar-refractivity contribution in [3.8, 4) is 17.2 Å². The molecule has 34 heavy (non-hydrogen) atoms. The molecule has 1 N–H and O–H groups in total. The summed E-state index contributed by atoms with van der Waals surface area (Å²) in [6.07, 6.45) is 6.42. The van der Waals surface area contributed by atoms with Gasteiger partial charge in [0.2, 0.25) is 0 Å². The molecule has 0 bridgehead atoms. The maximum atomic E-state index is 11.1. The van der Waals surface area contributed by atoms with E-state index in [2.05, 4.69) is 16.1 Å². The van der Waals surface area contributed by atoms with Crippen molar-refractivity contribution < 1.29 is 19.3 Å². The number of nitrogens with zero attached hydrogens (tertiary/aromatic N) is 3. The standard InChI is InChI=1S/C27H35N3O4/c1-22-17-28-30(18-22)14-7-15-33-26-16-23(10-11-25(26)32-2)19-29-13-6-12-27(31,20-29)21-34-24-8-4-3-5-9-24/h3-5,8-11,16-18,31H,6-7,12-15,19-21H2,1-2H3.